The van der Waals surface area contributed by atoms with Gasteiger partial charge in [-0.2, -0.15) is 0 Å². The molecule has 2 aromatic rings. The van der Waals surface area contributed by atoms with Gasteiger partial charge in [-0.1, -0.05) is 12.2 Å². The van der Waals surface area contributed by atoms with Crippen molar-refractivity contribution in [1.29, 1.82) is 0 Å². The Kier molecular flexibility index (Phi) is 5.33. The maximum Gasteiger partial charge on any atom is 0.253 e. The average Bonchev–Trinajstić information content (AvgIpc) is 3.26. The van der Waals surface area contributed by atoms with Crippen LogP contribution in [0, 0.1) is 5.92 Å². The highest BCUT2D eigenvalue weighted by Gasteiger charge is 2.39. The van der Waals surface area contributed by atoms with Gasteiger partial charge in [0.05, 0.1) is 27.4 Å². The Labute approximate surface area is 177 Å². The molecule has 3 atom stereocenters. The quantitative estimate of drug-likeness (QED) is 0.750. The van der Waals surface area contributed by atoms with Crippen molar-refractivity contribution >= 4 is 11.6 Å². The van der Waals surface area contributed by atoms with Gasteiger partial charge in [-0.05, 0) is 53.8 Å². The molecule has 30 heavy (non-hydrogen) atoms. The maximum absolute atomic E-state index is 12.5. The van der Waals surface area contributed by atoms with Crippen LogP contribution in [0.5, 0.6) is 17.2 Å². The molecule has 0 saturated carbocycles. The zero-order chi connectivity index (χ0) is 21.4. The van der Waals surface area contributed by atoms with Crippen molar-refractivity contribution in [3.63, 3.8) is 0 Å². The zero-order valence-corrected chi connectivity index (χ0v) is 18.1. The SMILES string of the molecule is COc1cc(C2Nc3ccc(C(=O)N(C)C)cc3C3C=CCC32)cc(OC)c1OC. The first-order chi connectivity index (χ1) is 14.5. The van der Waals surface area contributed by atoms with Crippen LogP contribution in [-0.4, -0.2) is 46.2 Å². The second kappa shape index (κ2) is 7.94. The number of methoxy groups -OCH3 is 3. The molecule has 1 amide bonds. The molecule has 1 aliphatic carbocycles. The number of amides is 1. The lowest BCUT2D eigenvalue weighted by atomic mass is 9.76. The van der Waals surface area contributed by atoms with E-state index in [9.17, 15) is 4.79 Å². The monoisotopic (exact) mass is 408 g/mol. The Balaban J connectivity index is 1.76. The molecule has 2 aromatic carbocycles. The third-order valence-corrected chi connectivity index (χ3v) is 6.06. The van der Waals surface area contributed by atoms with Crippen molar-refractivity contribution in [2.75, 3.05) is 40.7 Å². The molecule has 0 fully saturated rings. The molecule has 6 heteroatoms. The fraction of sp³-hybridized carbons (Fsp3) is 0.375. The predicted octanol–water partition coefficient (Wildman–Crippen LogP) is 4.24. The van der Waals surface area contributed by atoms with E-state index in [1.165, 1.54) is 5.56 Å². The number of hydrogen-bond donors (Lipinski definition) is 1. The standard InChI is InChI=1S/C24H28N2O4/c1-26(2)24(27)14-9-10-19-18(11-14)16-7-6-8-17(16)22(25-19)15-12-20(28-3)23(30-5)21(13-15)29-4/h6-7,9-13,16-17,22,25H,8H2,1-5H3. The number of rotatable bonds is 5. The lowest BCUT2D eigenvalue weighted by Gasteiger charge is -2.38. The molecule has 1 aliphatic heterocycles. The van der Waals surface area contributed by atoms with Crippen LogP contribution in [0.1, 0.15) is 39.9 Å². The van der Waals surface area contributed by atoms with Gasteiger partial charge in [0.2, 0.25) is 5.75 Å². The van der Waals surface area contributed by atoms with E-state index in [4.69, 9.17) is 14.2 Å². The molecule has 1 N–H and O–H groups in total. The van der Waals surface area contributed by atoms with Crippen LogP contribution in [0.2, 0.25) is 0 Å². The van der Waals surface area contributed by atoms with Crippen LogP contribution in [-0.2, 0) is 0 Å². The summed E-state index contributed by atoms with van der Waals surface area (Å²) in [5.41, 5.74) is 4.02. The van der Waals surface area contributed by atoms with Crippen molar-refractivity contribution < 1.29 is 19.0 Å². The van der Waals surface area contributed by atoms with Crippen LogP contribution in [0.3, 0.4) is 0 Å². The highest BCUT2D eigenvalue weighted by atomic mass is 16.5. The zero-order valence-electron chi connectivity index (χ0n) is 18.1. The van der Waals surface area contributed by atoms with Crippen LogP contribution in [0.25, 0.3) is 0 Å². The Morgan fingerprint density at radius 1 is 1.03 bits per heavy atom. The first-order valence-corrected chi connectivity index (χ1v) is 10.1. The summed E-state index contributed by atoms with van der Waals surface area (Å²) in [7, 11) is 8.43. The van der Waals surface area contributed by atoms with Crippen molar-refractivity contribution in [3.05, 3.63) is 59.2 Å². The molecular weight excluding hydrogens is 380 g/mol. The van der Waals surface area contributed by atoms with E-state index in [1.54, 1.807) is 40.3 Å². The maximum atomic E-state index is 12.5. The summed E-state index contributed by atoms with van der Waals surface area (Å²) in [5, 5.41) is 3.70. The van der Waals surface area contributed by atoms with Gasteiger partial charge in [-0.25, -0.2) is 0 Å². The summed E-state index contributed by atoms with van der Waals surface area (Å²) < 4.78 is 16.6. The molecular formula is C24H28N2O4. The van der Waals surface area contributed by atoms with Gasteiger partial charge in [0, 0.05) is 31.3 Å². The van der Waals surface area contributed by atoms with Crippen molar-refractivity contribution in [2.24, 2.45) is 5.92 Å². The number of nitrogens with zero attached hydrogens (tertiary/aromatic N) is 1. The number of ether oxygens (including phenoxy) is 3. The fourth-order valence-electron chi connectivity index (χ4n) is 4.60. The van der Waals surface area contributed by atoms with Gasteiger partial charge in [0.1, 0.15) is 0 Å². The topological polar surface area (TPSA) is 60.0 Å². The molecule has 4 rings (SSSR count). The lowest BCUT2D eigenvalue weighted by Crippen LogP contribution is -2.30. The Morgan fingerprint density at radius 3 is 2.33 bits per heavy atom. The third-order valence-electron chi connectivity index (χ3n) is 6.06. The number of allylic oxidation sites excluding steroid dienone is 2. The summed E-state index contributed by atoms with van der Waals surface area (Å²) in [4.78, 5) is 14.1. The minimum absolute atomic E-state index is 0.0167. The third kappa shape index (κ3) is 3.26. The van der Waals surface area contributed by atoms with E-state index in [-0.39, 0.29) is 17.9 Å². The number of hydrogen-bond acceptors (Lipinski definition) is 5. The highest BCUT2D eigenvalue weighted by molar-refractivity contribution is 5.94. The minimum atomic E-state index is 0.0167. The summed E-state index contributed by atoms with van der Waals surface area (Å²) in [5.74, 6) is 2.49. The minimum Gasteiger partial charge on any atom is -0.493 e. The Morgan fingerprint density at radius 2 is 1.73 bits per heavy atom. The number of carbonyl (C=O) groups is 1. The second-order valence-electron chi connectivity index (χ2n) is 7.94. The van der Waals surface area contributed by atoms with Crippen LogP contribution in [0.15, 0.2) is 42.5 Å². The molecule has 0 bridgehead atoms. The molecule has 1 heterocycles. The summed E-state index contributed by atoms with van der Waals surface area (Å²) in [6.45, 7) is 0. The van der Waals surface area contributed by atoms with Crippen molar-refractivity contribution in [1.82, 2.24) is 4.90 Å². The number of anilines is 1. The lowest BCUT2D eigenvalue weighted by molar-refractivity contribution is 0.0827. The first-order valence-electron chi connectivity index (χ1n) is 10.1. The van der Waals surface area contributed by atoms with Crippen molar-refractivity contribution in [3.8, 4) is 17.2 Å². The largest absolute Gasteiger partial charge is 0.493 e. The number of fused-ring (bicyclic) bond motifs is 3. The van der Waals surface area contributed by atoms with Crippen molar-refractivity contribution in [2.45, 2.75) is 18.4 Å². The predicted molar refractivity (Wildman–Crippen MR) is 117 cm³/mol. The van der Waals surface area contributed by atoms with Gasteiger partial charge < -0.3 is 24.4 Å². The van der Waals surface area contributed by atoms with Gasteiger partial charge >= 0.3 is 0 Å². The molecule has 0 radical (unpaired) electrons. The van der Waals surface area contributed by atoms with E-state index < -0.39 is 0 Å². The summed E-state index contributed by atoms with van der Waals surface area (Å²) >= 11 is 0. The van der Waals surface area contributed by atoms with E-state index in [2.05, 4.69) is 17.5 Å². The van der Waals surface area contributed by atoms with Gasteiger partial charge in [-0.3, -0.25) is 4.79 Å². The molecule has 0 spiro atoms. The molecule has 0 saturated heterocycles. The average molecular weight is 408 g/mol. The van der Waals surface area contributed by atoms with Crippen LogP contribution >= 0.6 is 0 Å². The summed E-state index contributed by atoms with van der Waals surface area (Å²) in [6.07, 6.45) is 5.46. The molecule has 3 unspecified atom stereocenters. The summed E-state index contributed by atoms with van der Waals surface area (Å²) in [6, 6.07) is 10.1. The van der Waals surface area contributed by atoms with Crippen LogP contribution in [0.4, 0.5) is 5.69 Å². The first kappa shape index (κ1) is 20.1. The van der Waals surface area contributed by atoms with E-state index in [0.717, 1.165) is 17.7 Å². The highest BCUT2D eigenvalue weighted by Crippen LogP contribution is 2.51. The number of nitrogens with one attached hydrogen (secondary N) is 1. The van der Waals surface area contributed by atoms with Gasteiger partial charge in [0.25, 0.3) is 5.91 Å². The number of benzene rings is 2. The number of carbonyl (C=O) groups excluding carboxylic acids is 1. The van der Waals surface area contributed by atoms with Crippen LogP contribution < -0.4 is 19.5 Å². The smallest absolute Gasteiger partial charge is 0.253 e. The molecule has 0 aromatic heterocycles. The van der Waals surface area contributed by atoms with Gasteiger partial charge in [-0.15, -0.1) is 0 Å². The normalized spacial score (nSPS) is 21.3. The van der Waals surface area contributed by atoms with Gasteiger partial charge in [0.15, 0.2) is 11.5 Å². The van der Waals surface area contributed by atoms with E-state index >= 15 is 0 Å². The molecule has 158 valence electrons. The van der Waals surface area contributed by atoms with E-state index in [0.29, 0.717) is 28.7 Å². The fourth-order valence-corrected chi connectivity index (χ4v) is 4.60. The molecule has 6 nitrogen and oxygen atoms in total. The Bertz CT molecular complexity index is 974. The molecule has 2 aliphatic rings. The Hall–Kier alpha value is -3.15. The second-order valence-corrected chi connectivity index (χ2v) is 7.94. The van der Waals surface area contributed by atoms with E-state index in [1.807, 2.05) is 30.3 Å².